The first-order valence-electron chi connectivity index (χ1n) is 12.2. The summed E-state index contributed by atoms with van der Waals surface area (Å²) in [5.41, 5.74) is 0. The van der Waals surface area contributed by atoms with E-state index in [2.05, 4.69) is 55.4 Å². The van der Waals surface area contributed by atoms with Crippen LogP contribution in [0.2, 0.25) is 0 Å². The molecule has 4 heteroatoms. The lowest BCUT2D eigenvalue weighted by molar-refractivity contribution is -0.928. The number of nitrogens with zero attached hydrogens (tertiary/aromatic N) is 2. The van der Waals surface area contributed by atoms with Crippen LogP contribution in [0.1, 0.15) is 107 Å². The number of hydrogen-bond donors (Lipinski definition) is 0. The van der Waals surface area contributed by atoms with Crippen molar-refractivity contribution in [2.45, 2.75) is 107 Å². The quantitative estimate of drug-likeness (QED) is 0.317. The maximum absolute atomic E-state index is 2.31. The van der Waals surface area contributed by atoms with E-state index in [9.17, 15) is 0 Å². The Balaban J connectivity index is -0.000000192. The van der Waals surface area contributed by atoms with Gasteiger partial charge in [0.15, 0.2) is 0 Å². The van der Waals surface area contributed by atoms with Crippen LogP contribution in [0.25, 0.3) is 0 Å². The Labute approximate surface area is 190 Å². The molecule has 0 aromatic heterocycles. The molecular weight excluding hydrogens is 412 g/mol. The largest absolute Gasteiger partial charge is 1.00 e. The summed E-state index contributed by atoms with van der Waals surface area (Å²) in [5.74, 6) is 0. The van der Waals surface area contributed by atoms with Gasteiger partial charge in [-0.2, -0.15) is 0 Å². The van der Waals surface area contributed by atoms with Gasteiger partial charge >= 0.3 is 0 Å². The van der Waals surface area contributed by atoms with E-state index in [1.165, 1.54) is 113 Å². The predicted molar refractivity (Wildman–Crippen MR) is 124 cm³/mol. The molecule has 0 amide bonds. The highest BCUT2D eigenvalue weighted by atomic mass is 79.9. The minimum atomic E-state index is 0. The average molecular weight is 470 g/mol. The standard InChI is InChI=1S/2C12H28N.BrH.H2O/c2*1-5-9-13(10-6-2,11-7-3)12-8-4;;/h2*5-12H2,1-4H3;1H;1H2/q2*+1;;/p-2. The van der Waals surface area contributed by atoms with Crippen LogP contribution in [0.4, 0.5) is 0 Å². The maximum atomic E-state index is 2.31. The van der Waals surface area contributed by atoms with Crippen molar-refractivity contribution in [1.82, 2.24) is 0 Å². The summed E-state index contributed by atoms with van der Waals surface area (Å²) in [6, 6.07) is 0. The fourth-order valence-corrected chi connectivity index (χ4v) is 5.14. The van der Waals surface area contributed by atoms with Gasteiger partial charge in [0.25, 0.3) is 0 Å². The van der Waals surface area contributed by atoms with Gasteiger partial charge in [-0.05, 0) is 51.4 Å². The van der Waals surface area contributed by atoms with Gasteiger partial charge in [0, 0.05) is 0 Å². The third-order valence-corrected chi connectivity index (χ3v) is 5.58. The third-order valence-electron chi connectivity index (χ3n) is 5.58. The molecule has 0 aromatic carbocycles. The lowest BCUT2D eigenvalue weighted by Crippen LogP contribution is -3.00. The van der Waals surface area contributed by atoms with Crippen molar-refractivity contribution in [3.63, 3.8) is 0 Å². The fourth-order valence-electron chi connectivity index (χ4n) is 5.14. The lowest BCUT2D eigenvalue weighted by atomic mass is 10.2. The zero-order valence-electron chi connectivity index (χ0n) is 21.0. The van der Waals surface area contributed by atoms with Crippen LogP contribution >= 0.6 is 0 Å². The first kappa shape index (κ1) is 35.8. The van der Waals surface area contributed by atoms with Crippen LogP contribution in [-0.2, 0) is 0 Å². The zero-order chi connectivity index (χ0) is 20.3. The molecule has 0 saturated carbocycles. The summed E-state index contributed by atoms with van der Waals surface area (Å²) in [5, 5.41) is 0. The van der Waals surface area contributed by atoms with Crippen LogP contribution in [0, 0.1) is 0 Å². The summed E-state index contributed by atoms with van der Waals surface area (Å²) < 4.78 is 2.75. The molecule has 0 aliphatic carbocycles. The van der Waals surface area contributed by atoms with Gasteiger partial charge in [0.2, 0.25) is 0 Å². The molecule has 3 nitrogen and oxygen atoms in total. The number of halogens is 1. The molecule has 0 saturated heterocycles. The van der Waals surface area contributed by atoms with Crippen molar-refractivity contribution in [1.29, 1.82) is 0 Å². The monoisotopic (exact) mass is 468 g/mol. The summed E-state index contributed by atoms with van der Waals surface area (Å²) in [7, 11) is 0. The summed E-state index contributed by atoms with van der Waals surface area (Å²) in [6.07, 6.45) is 10.7. The van der Waals surface area contributed by atoms with Crippen molar-refractivity contribution in [3.8, 4) is 0 Å². The number of quaternary nitrogens is 2. The Morgan fingerprint density at radius 2 is 0.429 bits per heavy atom. The van der Waals surface area contributed by atoms with Gasteiger partial charge in [0.1, 0.15) is 0 Å². The molecule has 0 fully saturated rings. The Morgan fingerprint density at radius 1 is 0.321 bits per heavy atom. The molecule has 0 aromatic rings. The van der Waals surface area contributed by atoms with Gasteiger partial charge in [-0.3, -0.25) is 0 Å². The van der Waals surface area contributed by atoms with Crippen LogP contribution < -0.4 is 17.0 Å². The molecular formula is C24H57BrN2O. The van der Waals surface area contributed by atoms with Crippen molar-refractivity contribution >= 4 is 0 Å². The van der Waals surface area contributed by atoms with Gasteiger partial charge in [-0.15, -0.1) is 0 Å². The molecule has 176 valence electrons. The Kier molecular flexibility index (Phi) is 30.2. The lowest BCUT2D eigenvalue weighted by Gasteiger charge is -2.38. The fraction of sp³-hybridized carbons (Fsp3) is 1.00. The second kappa shape index (κ2) is 23.6. The van der Waals surface area contributed by atoms with Crippen LogP contribution in [-0.4, -0.2) is 66.8 Å². The van der Waals surface area contributed by atoms with E-state index in [0.717, 1.165) is 0 Å². The molecule has 0 unspecified atom stereocenters. The van der Waals surface area contributed by atoms with E-state index < -0.39 is 0 Å². The van der Waals surface area contributed by atoms with E-state index in [-0.39, 0.29) is 22.5 Å². The first-order valence-corrected chi connectivity index (χ1v) is 12.2. The highest BCUT2D eigenvalue weighted by Gasteiger charge is 2.23. The molecule has 28 heavy (non-hydrogen) atoms. The van der Waals surface area contributed by atoms with Crippen molar-refractivity contribution < 1.29 is 31.4 Å². The zero-order valence-corrected chi connectivity index (χ0v) is 22.6. The molecule has 0 aliphatic rings. The van der Waals surface area contributed by atoms with Crippen molar-refractivity contribution in [2.75, 3.05) is 52.4 Å². The number of hydrogen-bond acceptors (Lipinski definition) is 1. The molecule has 0 atom stereocenters. The minimum Gasteiger partial charge on any atom is -1.00 e. The van der Waals surface area contributed by atoms with Gasteiger partial charge in [-0.1, -0.05) is 55.4 Å². The van der Waals surface area contributed by atoms with E-state index >= 15 is 0 Å². The molecule has 0 heterocycles. The van der Waals surface area contributed by atoms with Crippen molar-refractivity contribution in [3.05, 3.63) is 0 Å². The Morgan fingerprint density at radius 3 is 0.500 bits per heavy atom. The van der Waals surface area contributed by atoms with E-state index in [0.29, 0.717) is 0 Å². The number of rotatable bonds is 16. The van der Waals surface area contributed by atoms with Gasteiger partial charge < -0.3 is 31.4 Å². The predicted octanol–water partition coefficient (Wildman–Crippen LogP) is 3.71. The average Bonchev–Trinajstić information content (AvgIpc) is 2.57. The van der Waals surface area contributed by atoms with E-state index in [4.69, 9.17) is 0 Å². The van der Waals surface area contributed by atoms with Crippen LogP contribution in [0.5, 0.6) is 0 Å². The van der Waals surface area contributed by atoms with Crippen LogP contribution in [0.3, 0.4) is 0 Å². The SMILES string of the molecule is CCC[N+](CCC)(CCC)CCC.CCC[N+](CCC)(CCC)CCC.[Br-].[OH-]. The topological polar surface area (TPSA) is 30.0 Å². The van der Waals surface area contributed by atoms with Gasteiger partial charge in [0.05, 0.1) is 52.4 Å². The maximum Gasteiger partial charge on any atom is 0.0783 e. The van der Waals surface area contributed by atoms with E-state index in [1.54, 1.807) is 0 Å². The summed E-state index contributed by atoms with van der Waals surface area (Å²) >= 11 is 0. The normalized spacial score (nSPS) is 11.1. The minimum absolute atomic E-state index is 0. The molecule has 0 aliphatic heterocycles. The molecule has 0 bridgehead atoms. The summed E-state index contributed by atoms with van der Waals surface area (Å²) in [6.45, 7) is 29.6. The Bertz CT molecular complexity index is 201. The van der Waals surface area contributed by atoms with Crippen molar-refractivity contribution in [2.24, 2.45) is 0 Å². The molecule has 0 rings (SSSR count). The van der Waals surface area contributed by atoms with Crippen LogP contribution in [0.15, 0.2) is 0 Å². The highest BCUT2D eigenvalue weighted by molar-refractivity contribution is 4.45. The van der Waals surface area contributed by atoms with E-state index in [1.807, 2.05) is 0 Å². The van der Waals surface area contributed by atoms with Gasteiger partial charge in [-0.25, -0.2) is 0 Å². The Hall–Kier alpha value is 0.360. The highest BCUT2D eigenvalue weighted by Crippen LogP contribution is 2.13. The second-order valence-electron chi connectivity index (χ2n) is 8.47. The third kappa shape index (κ3) is 16.2. The molecule has 0 spiro atoms. The molecule has 0 radical (unpaired) electrons. The first-order chi connectivity index (χ1) is 12.5. The smallest absolute Gasteiger partial charge is 0.0783 e. The second-order valence-corrected chi connectivity index (χ2v) is 8.47. The summed E-state index contributed by atoms with van der Waals surface area (Å²) in [4.78, 5) is 0. The molecule has 1 N–H and O–H groups in total.